The topological polar surface area (TPSA) is 75.6 Å². The molecule has 2 aliphatic rings. The quantitative estimate of drug-likeness (QED) is 0.118. The smallest absolute Gasteiger partial charge is 0.225 e. The molecule has 1 N–H and O–H groups in total. The zero-order valence-corrected chi connectivity index (χ0v) is 29.4. The van der Waals surface area contributed by atoms with Crippen LogP contribution in [0.1, 0.15) is 40.3 Å². The van der Waals surface area contributed by atoms with Gasteiger partial charge in [-0.3, -0.25) is 0 Å². The summed E-state index contributed by atoms with van der Waals surface area (Å²) in [4.78, 5) is 0. The van der Waals surface area contributed by atoms with Crippen LogP contribution in [0.25, 0.3) is 0 Å². The highest BCUT2D eigenvalue weighted by molar-refractivity contribution is 6.31. The molecule has 2 aliphatic heterocycles. The Bertz CT molecular complexity index is 1840. The van der Waals surface area contributed by atoms with Crippen molar-refractivity contribution in [2.75, 3.05) is 19.8 Å². The lowest BCUT2D eigenvalue weighted by Gasteiger charge is -2.50. The van der Waals surface area contributed by atoms with Gasteiger partial charge in [-0.15, -0.1) is 0 Å². The Labute approximate surface area is 304 Å². The standard InChI is InChI=1S/C43H43ClO7/c1-2-46-37-21-18-31(19-22-37)24-35-25-36(20-23-38(35)44)43-41(49-28-34-16-10-5-11-17-34)39(47-26-32-12-6-3-7-13-32)40(42(29-45,51-43)30-50-43)48-27-33-14-8-4-9-15-33/h3-23,25,39-41,45H,2,24,26-30H2,1H3/t39-,40-,41+,42-,43-/m0/s1. The molecule has 7 nitrogen and oxygen atoms in total. The van der Waals surface area contributed by atoms with Crippen LogP contribution in [0, 0.1) is 0 Å². The summed E-state index contributed by atoms with van der Waals surface area (Å²) in [5.74, 6) is -0.622. The SMILES string of the molecule is CCOc1ccc(Cc2cc([C@]34OC[C@](CO)(O3)[C@@H](OCc3ccccc3)[C@H](OCc3ccccc3)[C@H]4OCc3ccccc3)ccc2Cl)cc1. The molecule has 2 saturated heterocycles. The van der Waals surface area contributed by atoms with Gasteiger partial charge >= 0.3 is 0 Å². The molecule has 0 unspecified atom stereocenters. The van der Waals surface area contributed by atoms with E-state index < -0.39 is 29.7 Å². The molecule has 2 heterocycles. The van der Waals surface area contributed by atoms with E-state index in [-0.39, 0.29) is 26.4 Å². The first kappa shape index (κ1) is 35.4. The van der Waals surface area contributed by atoms with E-state index in [0.717, 1.165) is 39.1 Å². The molecule has 0 saturated carbocycles. The van der Waals surface area contributed by atoms with E-state index in [1.165, 1.54) is 0 Å². The summed E-state index contributed by atoms with van der Waals surface area (Å²) in [6.45, 7) is 3.14. The highest BCUT2D eigenvalue weighted by Crippen LogP contribution is 2.53. The highest BCUT2D eigenvalue weighted by Gasteiger charge is 2.69. The van der Waals surface area contributed by atoms with E-state index in [1.54, 1.807) is 0 Å². The second-order valence-corrected chi connectivity index (χ2v) is 13.4. The van der Waals surface area contributed by atoms with E-state index in [4.69, 9.17) is 40.0 Å². The molecule has 5 aromatic rings. The summed E-state index contributed by atoms with van der Waals surface area (Å²) >= 11 is 6.84. The first-order chi connectivity index (χ1) is 25.0. The first-order valence-electron chi connectivity index (χ1n) is 17.4. The molecular formula is C43H43ClO7. The molecule has 51 heavy (non-hydrogen) atoms. The molecule has 264 valence electrons. The monoisotopic (exact) mass is 706 g/mol. The maximum Gasteiger partial charge on any atom is 0.225 e. The number of ether oxygens (including phenoxy) is 6. The maximum atomic E-state index is 11.1. The Morgan fingerprint density at radius 1 is 0.686 bits per heavy atom. The number of hydrogen-bond acceptors (Lipinski definition) is 7. The molecule has 0 spiro atoms. The average molecular weight is 707 g/mol. The predicted octanol–water partition coefficient (Wildman–Crippen LogP) is 8.03. The van der Waals surface area contributed by atoms with E-state index in [9.17, 15) is 5.11 Å². The fourth-order valence-electron chi connectivity index (χ4n) is 6.95. The summed E-state index contributed by atoms with van der Waals surface area (Å²) in [6, 6.07) is 43.7. The molecule has 7 rings (SSSR count). The van der Waals surface area contributed by atoms with E-state index in [1.807, 2.05) is 140 Å². The molecule has 2 bridgehead atoms. The molecule has 5 atom stereocenters. The number of fused-ring (bicyclic) bond motifs is 2. The summed E-state index contributed by atoms with van der Waals surface area (Å²) in [5, 5.41) is 11.8. The van der Waals surface area contributed by atoms with Gasteiger partial charge in [0.1, 0.15) is 29.7 Å². The third-order valence-electron chi connectivity index (χ3n) is 9.55. The van der Waals surface area contributed by atoms with Crippen LogP contribution in [0.4, 0.5) is 0 Å². The van der Waals surface area contributed by atoms with Crippen LogP contribution >= 0.6 is 11.6 Å². The van der Waals surface area contributed by atoms with Gasteiger partial charge < -0.3 is 33.5 Å². The molecule has 0 aromatic heterocycles. The van der Waals surface area contributed by atoms with Crippen LogP contribution in [0.15, 0.2) is 133 Å². The third-order valence-corrected chi connectivity index (χ3v) is 9.92. The van der Waals surface area contributed by atoms with Gasteiger partial charge in [0, 0.05) is 10.6 Å². The van der Waals surface area contributed by atoms with Crippen LogP contribution in [0.5, 0.6) is 5.75 Å². The number of aliphatic hydroxyl groups is 1. The van der Waals surface area contributed by atoms with Crippen molar-refractivity contribution in [1.82, 2.24) is 0 Å². The first-order valence-corrected chi connectivity index (χ1v) is 17.8. The number of aliphatic hydroxyl groups excluding tert-OH is 1. The summed E-state index contributed by atoms with van der Waals surface area (Å²) in [5.41, 5.74) is 4.42. The lowest BCUT2D eigenvalue weighted by atomic mass is 9.83. The van der Waals surface area contributed by atoms with Crippen molar-refractivity contribution in [3.05, 3.63) is 172 Å². The van der Waals surface area contributed by atoms with Crippen molar-refractivity contribution in [2.24, 2.45) is 0 Å². The van der Waals surface area contributed by atoms with Crippen LogP contribution < -0.4 is 4.74 Å². The highest BCUT2D eigenvalue weighted by atomic mass is 35.5. The van der Waals surface area contributed by atoms with Gasteiger partial charge in [-0.05, 0) is 65.4 Å². The maximum absolute atomic E-state index is 11.1. The molecule has 5 aromatic carbocycles. The summed E-state index contributed by atoms with van der Waals surface area (Å²) < 4.78 is 39.9. The van der Waals surface area contributed by atoms with E-state index in [0.29, 0.717) is 24.7 Å². The Kier molecular flexibility index (Phi) is 11.2. The largest absolute Gasteiger partial charge is 0.494 e. The van der Waals surface area contributed by atoms with Gasteiger partial charge in [-0.2, -0.15) is 0 Å². The van der Waals surface area contributed by atoms with Gasteiger partial charge in [0.15, 0.2) is 0 Å². The van der Waals surface area contributed by atoms with Gasteiger partial charge in [0.25, 0.3) is 0 Å². The minimum absolute atomic E-state index is 0.0657. The van der Waals surface area contributed by atoms with Crippen molar-refractivity contribution >= 4 is 11.6 Å². The van der Waals surface area contributed by atoms with Crippen molar-refractivity contribution in [3.8, 4) is 5.75 Å². The van der Waals surface area contributed by atoms with Crippen LogP contribution in [-0.4, -0.2) is 48.8 Å². The number of benzene rings is 5. The molecule has 0 radical (unpaired) electrons. The zero-order valence-electron chi connectivity index (χ0n) is 28.7. The van der Waals surface area contributed by atoms with Gasteiger partial charge in [-0.1, -0.05) is 121 Å². The second-order valence-electron chi connectivity index (χ2n) is 13.0. The Morgan fingerprint density at radius 2 is 1.25 bits per heavy atom. The molecule has 2 fully saturated rings. The predicted molar refractivity (Wildman–Crippen MR) is 195 cm³/mol. The van der Waals surface area contributed by atoms with Crippen LogP contribution in [-0.2, 0) is 55.7 Å². The van der Waals surface area contributed by atoms with E-state index in [2.05, 4.69) is 0 Å². The lowest BCUT2D eigenvalue weighted by molar-refractivity contribution is -0.353. The molecule has 0 aliphatic carbocycles. The Balaban J connectivity index is 1.28. The second kappa shape index (κ2) is 16.1. The normalized spacial score (nSPS) is 24.0. The van der Waals surface area contributed by atoms with Crippen molar-refractivity contribution in [1.29, 1.82) is 0 Å². The van der Waals surface area contributed by atoms with Crippen molar-refractivity contribution in [3.63, 3.8) is 0 Å². The van der Waals surface area contributed by atoms with Gasteiger partial charge in [-0.25, -0.2) is 0 Å². The minimum atomic E-state index is -1.44. The van der Waals surface area contributed by atoms with Crippen molar-refractivity contribution < 1.29 is 33.5 Å². The average Bonchev–Trinajstić information content (AvgIpc) is 3.54. The number of hydrogen-bond donors (Lipinski definition) is 1. The fraction of sp³-hybridized carbons (Fsp3) is 0.302. The van der Waals surface area contributed by atoms with Crippen LogP contribution in [0.3, 0.4) is 0 Å². The molecule has 0 amide bonds. The van der Waals surface area contributed by atoms with E-state index >= 15 is 0 Å². The van der Waals surface area contributed by atoms with Crippen LogP contribution in [0.2, 0.25) is 5.02 Å². The third kappa shape index (κ3) is 7.76. The summed E-state index contributed by atoms with van der Waals surface area (Å²) in [6.07, 6.45) is -1.67. The fourth-order valence-corrected chi connectivity index (χ4v) is 7.13. The lowest BCUT2D eigenvalue weighted by Crippen LogP contribution is -2.67. The van der Waals surface area contributed by atoms with Gasteiger partial charge in [0.2, 0.25) is 5.79 Å². The Morgan fingerprint density at radius 3 is 1.82 bits per heavy atom. The van der Waals surface area contributed by atoms with Crippen molar-refractivity contribution in [2.45, 2.75) is 62.9 Å². The minimum Gasteiger partial charge on any atom is -0.494 e. The molecular weight excluding hydrogens is 664 g/mol. The number of rotatable bonds is 15. The summed E-state index contributed by atoms with van der Waals surface area (Å²) in [7, 11) is 0. The molecule has 8 heteroatoms. The number of halogens is 1. The zero-order chi connectivity index (χ0) is 35.1. The van der Waals surface area contributed by atoms with Gasteiger partial charge in [0.05, 0.1) is 39.6 Å². The Hall–Kier alpha value is -4.05.